The van der Waals surface area contributed by atoms with E-state index in [-0.39, 0.29) is 33.2 Å². The number of carbonyl (C=O) groups excluding carboxylic acids is 1. The summed E-state index contributed by atoms with van der Waals surface area (Å²) in [7, 11) is -4.45. The van der Waals surface area contributed by atoms with Crippen LogP contribution < -0.4 is 19.7 Å². The molecule has 340 valence electrons. The molecule has 3 N–H and O–H groups in total. The lowest BCUT2D eigenvalue weighted by Crippen LogP contribution is -2.47. The van der Waals surface area contributed by atoms with E-state index in [0.717, 1.165) is 120 Å². The number of carbonyl (C=O) groups is 1. The van der Waals surface area contributed by atoms with Crippen LogP contribution in [0, 0.1) is 16.7 Å². The van der Waals surface area contributed by atoms with E-state index >= 15 is 0 Å². The van der Waals surface area contributed by atoms with E-state index in [1.807, 2.05) is 30.3 Å². The maximum Gasteiger partial charge on any atom is 0.268 e. The van der Waals surface area contributed by atoms with Crippen LogP contribution in [0.5, 0.6) is 11.5 Å². The molecule has 3 fully saturated rings. The SMILES string of the molecule is CC1(C)CCC(CN2CCN(c3ccc(C(=O)NS(=O)(=O)c4cnc(N[C@H]5CC[C@H](N6CCOCC6)CC5)c(C#N)c4)c(Oc4cnc5[nH]ccc5c4)c3)CC2)=C(c2ccc(Cl)cc2)C1. The van der Waals surface area contributed by atoms with Crippen molar-refractivity contribution in [3.8, 4) is 17.6 Å². The molecule has 5 aromatic rings. The number of H-pyrrole nitrogens is 1. The molecule has 5 heterocycles. The number of allylic oxidation sites excluding steroid dienone is 1. The standard InChI is InChI=1S/C49H56ClN9O5S/c1-49(2)15-13-35(44(28-49)33-3-5-37(50)6-4-33)32-57-17-19-58(20-18-57)40-11-12-43(45(27-40)64-41-25-34-14-16-52-46(34)53-30-41)48(60)56-65(61,62)42-26-36(29-51)47(54-31-42)55-38-7-9-39(10-8-38)59-21-23-63-24-22-59/h3-6,11-12,14,16,25-27,30-31,38-39H,7-10,13,15,17-24,28,32H2,1-2H3,(H,52,53)(H,54,55)(H,56,60)/t38-,39-. The van der Waals surface area contributed by atoms with E-state index in [2.05, 4.69) is 71.7 Å². The van der Waals surface area contributed by atoms with Crippen molar-refractivity contribution in [3.63, 3.8) is 0 Å². The van der Waals surface area contributed by atoms with Crippen molar-refractivity contribution in [2.45, 2.75) is 75.8 Å². The van der Waals surface area contributed by atoms with Crippen LogP contribution in [-0.4, -0.2) is 110 Å². The highest BCUT2D eigenvalue weighted by Crippen LogP contribution is 2.43. The summed E-state index contributed by atoms with van der Waals surface area (Å²) >= 11 is 6.26. The molecule has 0 atom stereocenters. The van der Waals surface area contributed by atoms with Gasteiger partial charge < -0.3 is 24.7 Å². The zero-order valence-corrected chi connectivity index (χ0v) is 38.6. The third kappa shape index (κ3) is 10.5. The molecule has 0 bridgehead atoms. The number of rotatable bonds is 12. The largest absolute Gasteiger partial charge is 0.455 e. The van der Waals surface area contributed by atoms with Crippen molar-refractivity contribution in [1.82, 2.24) is 29.5 Å². The van der Waals surface area contributed by atoms with Gasteiger partial charge in [0.15, 0.2) is 0 Å². The van der Waals surface area contributed by atoms with Crippen LogP contribution >= 0.6 is 11.6 Å². The van der Waals surface area contributed by atoms with Crippen LogP contribution in [0.15, 0.2) is 89.7 Å². The topological polar surface area (TPSA) is 169 Å². The first-order chi connectivity index (χ1) is 31.4. The molecular formula is C49H56ClN9O5S. The van der Waals surface area contributed by atoms with Gasteiger partial charge in [0.1, 0.15) is 33.9 Å². The number of halogens is 1. The summed E-state index contributed by atoms with van der Waals surface area (Å²) in [5, 5.41) is 15.0. The number of ether oxygens (including phenoxy) is 2. The molecule has 0 spiro atoms. The molecule has 9 rings (SSSR count). The fraction of sp³-hybridized carbons (Fsp3) is 0.429. The van der Waals surface area contributed by atoms with Gasteiger partial charge in [-0.25, -0.2) is 23.1 Å². The van der Waals surface area contributed by atoms with Gasteiger partial charge in [0.2, 0.25) is 0 Å². The Kier molecular flexibility index (Phi) is 13.2. The molecule has 14 nitrogen and oxygen atoms in total. The molecule has 1 saturated carbocycles. The van der Waals surface area contributed by atoms with Gasteiger partial charge in [-0.2, -0.15) is 5.26 Å². The maximum absolute atomic E-state index is 14.0. The van der Waals surface area contributed by atoms with Gasteiger partial charge in [0.25, 0.3) is 15.9 Å². The van der Waals surface area contributed by atoms with Crippen LogP contribution in [0.1, 0.15) is 80.3 Å². The van der Waals surface area contributed by atoms with Gasteiger partial charge >= 0.3 is 0 Å². The molecule has 16 heteroatoms. The Morgan fingerprint density at radius 3 is 2.49 bits per heavy atom. The quantitative estimate of drug-likeness (QED) is 0.110. The molecular weight excluding hydrogens is 862 g/mol. The number of sulfonamides is 1. The molecule has 0 unspecified atom stereocenters. The first-order valence-electron chi connectivity index (χ1n) is 22.6. The molecule has 2 aliphatic carbocycles. The summed E-state index contributed by atoms with van der Waals surface area (Å²) in [6.45, 7) is 12.2. The number of morpholine rings is 1. The van der Waals surface area contributed by atoms with E-state index in [4.69, 9.17) is 21.1 Å². The van der Waals surface area contributed by atoms with Crippen molar-refractivity contribution < 1.29 is 22.7 Å². The van der Waals surface area contributed by atoms with Gasteiger partial charge in [-0.05, 0) is 104 Å². The molecule has 2 saturated heterocycles. The fourth-order valence-corrected chi connectivity index (χ4v) is 10.8. The first-order valence-corrected chi connectivity index (χ1v) is 24.5. The minimum absolute atomic E-state index is 0.0199. The Morgan fingerprint density at radius 1 is 0.969 bits per heavy atom. The van der Waals surface area contributed by atoms with Crippen molar-refractivity contribution in [1.29, 1.82) is 5.26 Å². The van der Waals surface area contributed by atoms with E-state index in [1.165, 1.54) is 29.0 Å². The number of nitriles is 1. The van der Waals surface area contributed by atoms with Crippen LogP contribution in [0.25, 0.3) is 16.6 Å². The number of benzene rings is 2. The second-order valence-electron chi connectivity index (χ2n) is 18.5. The minimum atomic E-state index is -4.45. The number of hydrogen-bond acceptors (Lipinski definition) is 12. The summed E-state index contributed by atoms with van der Waals surface area (Å²) in [6.07, 6.45) is 11.6. The second-order valence-corrected chi connectivity index (χ2v) is 20.6. The summed E-state index contributed by atoms with van der Waals surface area (Å²) < 4.78 is 41.7. The smallest absolute Gasteiger partial charge is 0.268 e. The van der Waals surface area contributed by atoms with Crippen LogP contribution in [-0.2, 0) is 14.8 Å². The average Bonchev–Trinajstić information content (AvgIpc) is 3.79. The number of aromatic nitrogens is 3. The molecule has 3 aromatic heterocycles. The van der Waals surface area contributed by atoms with Crippen molar-refractivity contribution in [2.24, 2.45) is 5.41 Å². The number of piperazine rings is 1. The zero-order valence-electron chi connectivity index (χ0n) is 37.0. The van der Waals surface area contributed by atoms with Gasteiger partial charge in [0.05, 0.1) is 30.5 Å². The van der Waals surface area contributed by atoms with Crippen molar-refractivity contribution in [3.05, 3.63) is 107 Å². The fourth-order valence-electron chi connectivity index (χ4n) is 9.73. The molecule has 2 aromatic carbocycles. The van der Waals surface area contributed by atoms with Gasteiger partial charge in [0, 0.05) is 92.5 Å². The van der Waals surface area contributed by atoms with Crippen molar-refractivity contribution in [2.75, 3.05) is 69.2 Å². The third-order valence-electron chi connectivity index (χ3n) is 13.5. The lowest BCUT2D eigenvalue weighted by Gasteiger charge is -2.39. The molecule has 65 heavy (non-hydrogen) atoms. The summed E-state index contributed by atoms with van der Waals surface area (Å²) in [4.78, 5) is 32.9. The highest BCUT2D eigenvalue weighted by atomic mass is 35.5. The summed E-state index contributed by atoms with van der Waals surface area (Å²) in [5.74, 6) is 0.00304. The van der Waals surface area contributed by atoms with Gasteiger partial charge in [-0.3, -0.25) is 14.6 Å². The lowest BCUT2D eigenvalue weighted by molar-refractivity contribution is 0.00790. The predicted octanol–water partition coefficient (Wildman–Crippen LogP) is 8.24. The first kappa shape index (κ1) is 44.7. The number of anilines is 2. The van der Waals surface area contributed by atoms with E-state index in [1.54, 1.807) is 24.5 Å². The van der Waals surface area contributed by atoms with Crippen molar-refractivity contribution >= 4 is 55.6 Å². The number of nitrogens with zero attached hydrogens (tertiary/aromatic N) is 6. The van der Waals surface area contributed by atoms with Gasteiger partial charge in [-0.15, -0.1) is 0 Å². The number of fused-ring (bicyclic) bond motifs is 1. The number of amides is 1. The van der Waals surface area contributed by atoms with Crippen LogP contribution in [0.3, 0.4) is 0 Å². The molecule has 1 amide bonds. The Morgan fingerprint density at radius 2 is 1.74 bits per heavy atom. The number of hydrogen-bond donors (Lipinski definition) is 3. The van der Waals surface area contributed by atoms with E-state index in [0.29, 0.717) is 23.3 Å². The van der Waals surface area contributed by atoms with Crippen LogP contribution in [0.2, 0.25) is 5.02 Å². The summed E-state index contributed by atoms with van der Waals surface area (Å²) in [5.41, 5.74) is 6.02. The predicted molar refractivity (Wildman–Crippen MR) is 253 cm³/mol. The highest BCUT2D eigenvalue weighted by Gasteiger charge is 2.31. The second kappa shape index (κ2) is 19.1. The Balaban J connectivity index is 0.895. The molecule has 0 radical (unpaired) electrons. The highest BCUT2D eigenvalue weighted by molar-refractivity contribution is 7.90. The Hall–Kier alpha value is -5.50. The van der Waals surface area contributed by atoms with E-state index in [9.17, 15) is 18.5 Å². The number of nitrogens with one attached hydrogen (secondary N) is 3. The Labute approximate surface area is 386 Å². The summed E-state index contributed by atoms with van der Waals surface area (Å²) in [6, 6.07) is 21.1. The monoisotopic (exact) mass is 917 g/mol. The lowest BCUT2D eigenvalue weighted by atomic mass is 9.72. The molecule has 4 aliphatic rings. The van der Waals surface area contributed by atoms with E-state index < -0.39 is 15.9 Å². The number of pyridine rings is 2. The average molecular weight is 919 g/mol. The minimum Gasteiger partial charge on any atom is -0.455 e. The number of aromatic amines is 1. The Bertz CT molecular complexity index is 2710. The maximum atomic E-state index is 14.0. The van der Waals surface area contributed by atoms with Crippen LogP contribution in [0.4, 0.5) is 11.5 Å². The van der Waals surface area contributed by atoms with Gasteiger partial charge in [-0.1, -0.05) is 43.2 Å². The normalized spacial score (nSPS) is 20.9. The zero-order chi connectivity index (χ0) is 45.1. The third-order valence-corrected chi connectivity index (χ3v) is 15.0. The molecule has 2 aliphatic heterocycles.